The molecule has 1 aromatic rings. The summed E-state index contributed by atoms with van der Waals surface area (Å²) in [4.78, 5) is 15.8. The molecule has 0 spiro atoms. The zero-order chi connectivity index (χ0) is 13.8. The van der Waals surface area contributed by atoms with Crippen LogP contribution in [0, 0.1) is 0 Å². The van der Waals surface area contributed by atoms with E-state index in [0.29, 0.717) is 29.8 Å². The van der Waals surface area contributed by atoms with Crippen molar-refractivity contribution in [3.8, 4) is 5.88 Å². The van der Waals surface area contributed by atoms with Gasteiger partial charge in [-0.1, -0.05) is 22.6 Å². The zero-order valence-electron chi connectivity index (χ0n) is 10.7. The van der Waals surface area contributed by atoms with E-state index in [1.165, 1.54) is 4.57 Å². The number of aliphatic hydroxyl groups is 1. The summed E-state index contributed by atoms with van der Waals surface area (Å²) in [6, 6.07) is 1.65. The second-order valence-corrected chi connectivity index (χ2v) is 5.20. The summed E-state index contributed by atoms with van der Waals surface area (Å²) in [5.74, 6) is 0.324. The van der Waals surface area contributed by atoms with Crippen molar-refractivity contribution in [3.05, 3.63) is 22.7 Å². The molecule has 0 bridgehead atoms. The van der Waals surface area contributed by atoms with Gasteiger partial charge < -0.3 is 14.6 Å². The Kier molecular flexibility index (Phi) is 5.17. The molecule has 106 valence electrons. The highest BCUT2D eigenvalue weighted by Crippen LogP contribution is 2.27. The molecule has 6 nitrogen and oxygen atoms in total. The van der Waals surface area contributed by atoms with Crippen LogP contribution < -0.4 is 10.4 Å². The van der Waals surface area contributed by atoms with Crippen molar-refractivity contribution in [2.24, 2.45) is 0 Å². The molecule has 0 radical (unpaired) electrons. The molecule has 1 saturated heterocycles. The first kappa shape index (κ1) is 14.7. The van der Waals surface area contributed by atoms with Crippen molar-refractivity contribution in [2.45, 2.75) is 38.2 Å². The Balaban J connectivity index is 2.16. The maximum absolute atomic E-state index is 11.9. The van der Waals surface area contributed by atoms with E-state index in [4.69, 9.17) is 9.47 Å². The summed E-state index contributed by atoms with van der Waals surface area (Å²) in [7, 11) is 0. The van der Waals surface area contributed by atoms with Gasteiger partial charge in [-0.3, -0.25) is 4.57 Å². The Bertz CT molecular complexity index is 479. The lowest BCUT2D eigenvalue weighted by molar-refractivity contribution is -0.135. The predicted octanol–water partition coefficient (Wildman–Crippen LogP) is 1.12. The van der Waals surface area contributed by atoms with Crippen molar-refractivity contribution in [2.75, 3.05) is 11.0 Å². The summed E-state index contributed by atoms with van der Waals surface area (Å²) in [6.45, 7) is 2.31. The minimum Gasteiger partial charge on any atom is -0.478 e. The Morgan fingerprint density at radius 2 is 2.42 bits per heavy atom. The Labute approximate surface area is 124 Å². The smallest absolute Gasteiger partial charge is 0.352 e. The summed E-state index contributed by atoms with van der Waals surface area (Å²) >= 11 is 2.17. The lowest BCUT2D eigenvalue weighted by Crippen LogP contribution is -2.41. The molecule has 1 aromatic heterocycles. The fourth-order valence-electron chi connectivity index (χ4n) is 2.05. The van der Waals surface area contributed by atoms with Gasteiger partial charge in [0.1, 0.15) is 6.23 Å². The number of nitrogens with zero attached hydrogens (tertiary/aromatic N) is 2. The van der Waals surface area contributed by atoms with Crippen LogP contribution in [0.3, 0.4) is 0 Å². The largest absolute Gasteiger partial charge is 0.478 e. The molecule has 1 N–H and O–H groups in total. The molecule has 2 rings (SSSR count). The average Bonchev–Trinajstić information content (AvgIpc) is 2.40. The molecular formula is C12H17IN2O4. The molecule has 0 aromatic carbocycles. The van der Waals surface area contributed by atoms with Crippen LogP contribution in [0.1, 0.15) is 26.0 Å². The minimum atomic E-state index is -0.459. The maximum Gasteiger partial charge on any atom is 0.352 e. The second-order valence-electron chi connectivity index (χ2n) is 4.32. The third-order valence-electron chi connectivity index (χ3n) is 3.03. The molecule has 0 aliphatic carbocycles. The van der Waals surface area contributed by atoms with E-state index < -0.39 is 6.10 Å². The Morgan fingerprint density at radius 1 is 1.63 bits per heavy atom. The van der Waals surface area contributed by atoms with E-state index >= 15 is 0 Å². The number of ether oxygens (including phenoxy) is 2. The van der Waals surface area contributed by atoms with Gasteiger partial charge >= 0.3 is 5.69 Å². The molecule has 1 aliphatic rings. The molecule has 3 atom stereocenters. The predicted molar refractivity (Wildman–Crippen MR) is 77.7 cm³/mol. The van der Waals surface area contributed by atoms with Crippen molar-refractivity contribution in [1.82, 2.24) is 9.55 Å². The Hall–Kier alpha value is -0.670. The molecule has 1 fully saturated rings. The second kappa shape index (κ2) is 6.67. The van der Waals surface area contributed by atoms with Gasteiger partial charge in [0.15, 0.2) is 0 Å². The van der Waals surface area contributed by atoms with Gasteiger partial charge in [0, 0.05) is 16.7 Å². The average molecular weight is 380 g/mol. The molecule has 0 amide bonds. The standard InChI is InChI=1S/C12H17IN2O4/c1-2-18-10-5-6-15(12(17)14-10)11-4-3-8(16)9(7-13)19-11/h5-6,8-9,11,16H,2-4,7H2,1H3/t8-,9+,11-/m0/s1. The highest BCUT2D eigenvalue weighted by atomic mass is 127. The van der Waals surface area contributed by atoms with Gasteiger partial charge in [-0.2, -0.15) is 4.98 Å². The maximum atomic E-state index is 11.9. The highest BCUT2D eigenvalue weighted by molar-refractivity contribution is 14.1. The van der Waals surface area contributed by atoms with Crippen molar-refractivity contribution < 1.29 is 14.6 Å². The van der Waals surface area contributed by atoms with Crippen molar-refractivity contribution >= 4 is 22.6 Å². The van der Waals surface area contributed by atoms with Crippen LogP contribution in [0.2, 0.25) is 0 Å². The number of hydrogen-bond donors (Lipinski definition) is 1. The van der Waals surface area contributed by atoms with Crippen LogP contribution >= 0.6 is 22.6 Å². The van der Waals surface area contributed by atoms with Crippen LogP contribution in [0.25, 0.3) is 0 Å². The summed E-state index contributed by atoms with van der Waals surface area (Å²) in [6.07, 6.45) is 1.80. The summed E-state index contributed by atoms with van der Waals surface area (Å²) in [5.41, 5.74) is -0.389. The minimum absolute atomic E-state index is 0.238. The van der Waals surface area contributed by atoms with E-state index in [9.17, 15) is 9.90 Å². The van der Waals surface area contributed by atoms with Gasteiger partial charge in [-0.15, -0.1) is 0 Å². The molecule has 0 unspecified atom stereocenters. The fraction of sp³-hybridized carbons (Fsp3) is 0.667. The first-order chi connectivity index (χ1) is 9.15. The lowest BCUT2D eigenvalue weighted by atomic mass is 10.1. The lowest BCUT2D eigenvalue weighted by Gasteiger charge is -2.33. The van der Waals surface area contributed by atoms with Gasteiger partial charge in [0.05, 0.1) is 18.8 Å². The monoisotopic (exact) mass is 380 g/mol. The van der Waals surface area contributed by atoms with E-state index in [0.717, 1.165) is 0 Å². The quantitative estimate of drug-likeness (QED) is 0.626. The molecular weight excluding hydrogens is 363 g/mol. The van der Waals surface area contributed by atoms with Crippen LogP contribution in [-0.4, -0.2) is 37.9 Å². The fourth-order valence-corrected chi connectivity index (χ4v) is 2.84. The third-order valence-corrected chi connectivity index (χ3v) is 3.90. The number of hydrogen-bond acceptors (Lipinski definition) is 5. The van der Waals surface area contributed by atoms with Gasteiger partial charge in [0.25, 0.3) is 0 Å². The number of halogens is 1. The first-order valence-corrected chi connectivity index (χ1v) is 7.79. The molecule has 1 aliphatic heterocycles. The number of rotatable bonds is 4. The van der Waals surface area contributed by atoms with Crippen molar-refractivity contribution in [3.63, 3.8) is 0 Å². The van der Waals surface area contributed by atoms with Crippen LogP contribution in [-0.2, 0) is 4.74 Å². The van der Waals surface area contributed by atoms with E-state index in [2.05, 4.69) is 27.6 Å². The van der Waals surface area contributed by atoms with E-state index in [-0.39, 0.29) is 18.0 Å². The van der Waals surface area contributed by atoms with Crippen LogP contribution in [0.4, 0.5) is 0 Å². The number of aliphatic hydroxyl groups excluding tert-OH is 1. The number of aromatic nitrogens is 2. The molecule has 7 heteroatoms. The van der Waals surface area contributed by atoms with E-state index in [1.807, 2.05) is 6.92 Å². The van der Waals surface area contributed by atoms with Gasteiger partial charge in [0.2, 0.25) is 5.88 Å². The van der Waals surface area contributed by atoms with Crippen LogP contribution in [0.5, 0.6) is 5.88 Å². The molecule has 2 heterocycles. The topological polar surface area (TPSA) is 73.6 Å². The number of alkyl halides is 1. The van der Waals surface area contributed by atoms with Gasteiger partial charge in [-0.05, 0) is 19.8 Å². The third kappa shape index (κ3) is 3.46. The van der Waals surface area contributed by atoms with E-state index in [1.54, 1.807) is 12.3 Å². The first-order valence-electron chi connectivity index (χ1n) is 6.27. The molecule has 19 heavy (non-hydrogen) atoms. The summed E-state index contributed by atoms with van der Waals surface area (Å²) in [5, 5.41) is 9.76. The molecule has 0 saturated carbocycles. The van der Waals surface area contributed by atoms with Gasteiger partial charge in [-0.25, -0.2) is 4.79 Å². The van der Waals surface area contributed by atoms with Crippen LogP contribution in [0.15, 0.2) is 17.1 Å². The Morgan fingerprint density at radius 3 is 3.05 bits per heavy atom. The highest BCUT2D eigenvalue weighted by Gasteiger charge is 2.30. The van der Waals surface area contributed by atoms with Crippen molar-refractivity contribution in [1.29, 1.82) is 0 Å². The normalized spacial score (nSPS) is 27.2. The zero-order valence-corrected chi connectivity index (χ0v) is 12.8. The summed E-state index contributed by atoms with van der Waals surface area (Å²) < 4.78 is 13.1. The SMILES string of the molecule is CCOc1ccn([C@@H]2CC[C@H](O)[C@@H](CI)O2)c(=O)n1.